The average Bonchev–Trinajstić information content (AvgIpc) is 4.35. The molecular formula is C52H64Cl4F2N8O9S2. The first-order valence-electron chi connectivity index (χ1n) is 25.0. The fraction of sp³-hybridized carbons (Fsp3) is 0.462. The van der Waals surface area contributed by atoms with Gasteiger partial charge in [0.2, 0.25) is 31.9 Å². The van der Waals surface area contributed by atoms with Crippen LogP contribution in [-0.4, -0.2) is 166 Å². The number of carbonyl (C=O) groups is 4. The van der Waals surface area contributed by atoms with Crippen molar-refractivity contribution in [3.63, 3.8) is 0 Å². The van der Waals surface area contributed by atoms with Gasteiger partial charge in [-0.15, -0.1) is 0 Å². The lowest BCUT2D eigenvalue weighted by Gasteiger charge is -2.35. The summed E-state index contributed by atoms with van der Waals surface area (Å²) in [6.07, 6.45) is 5.92. The van der Waals surface area contributed by atoms with Gasteiger partial charge in [0.25, 0.3) is 11.8 Å². The highest BCUT2D eigenvalue weighted by molar-refractivity contribution is 7.88. The summed E-state index contributed by atoms with van der Waals surface area (Å²) in [7, 11) is -6.63. The highest BCUT2D eigenvalue weighted by Crippen LogP contribution is 2.41. The number of carbonyl (C=O) groups excluding carboxylic acids is 4. The van der Waals surface area contributed by atoms with Crippen molar-refractivity contribution in [2.45, 2.75) is 74.5 Å². The summed E-state index contributed by atoms with van der Waals surface area (Å²) in [5.41, 5.74) is 8.46. The van der Waals surface area contributed by atoms with E-state index in [1.165, 1.54) is 73.7 Å². The third kappa shape index (κ3) is 18.5. The molecule has 2 heterocycles. The summed E-state index contributed by atoms with van der Waals surface area (Å²) in [6.45, 7) is 2.36. The molecule has 420 valence electrons. The molecule has 4 fully saturated rings. The smallest absolute Gasteiger partial charge is 0.251 e. The van der Waals surface area contributed by atoms with Gasteiger partial charge in [-0.1, -0.05) is 70.7 Å². The Balaban J connectivity index is 0.000000214. The molecule has 4 aromatic carbocycles. The molecule has 4 aromatic rings. The molecule has 77 heavy (non-hydrogen) atoms. The first kappa shape index (κ1) is 61.7. The molecule has 4 amide bonds. The quantitative estimate of drug-likeness (QED) is 0.0740. The fourth-order valence-electron chi connectivity index (χ4n) is 8.89. The minimum absolute atomic E-state index is 0.117. The number of aliphatic hydroxyl groups excluding tert-OH is 1. The van der Waals surface area contributed by atoms with E-state index in [4.69, 9.17) is 57.2 Å². The highest BCUT2D eigenvalue weighted by Gasteiger charge is 2.38. The van der Waals surface area contributed by atoms with Gasteiger partial charge >= 0.3 is 0 Å². The number of nitrogens with zero attached hydrogens (tertiary/aromatic N) is 4. The van der Waals surface area contributed by atoms with Crippen molar-refractivity contribution in [2.75, 3.05) is 78.0 Å². The maximum Gasteiger partial charge on any atom is 0.251 e. The Labute approximate surface area is 468 Å². The number of piperazine rings is 2. The molecule has 0 spiro atoms. The molecule has 2 saturated carbocycles. The van der Waals surface area contributed by atoms with E-state index < -0.39 is 43.9 Å². The lowest BCUT2D eigenvalue weighted by Crippen LogP contribution is -2.55. The molecule has 6 atom stereocenters. The molecule has 4 aliphatic rings. The van der Waals surface area contributed by atoms with E-state index >= 15 is 0 Å². The van der Waals surface area contributed by atoms with Gasteiger partial charge in [-0.2, -0.15) is 8.61 Å². The minimum atomic E-state index is -3.33. The Morgan fingerprint density at radius 2 is 0.987 bits per heavy atom. The molecule has 0 bridgehead atoms. The number of benzene rings is 4. The second-order valence-electron chi connectivity index (χ2n) is 19.3. The van der Waals surface area contributed by atoms with E-state index in [-0.39, 0.29) is 110 Å². The summed E-state index contributed by atoms with van der Waals surface area (Å²) in [4.78, 5) is 54.8. The summed E-state index contributed by atoms with van der Waals surface area (Å²) in [5.74, 6) is -1.09. The number of aliphatic hydroxyl groups is 1. The fourth-order valence-corrected chi connectivity index (χ4v) is 11.1. The molecule has 8 rings (SSSR count). The second kappa shape index (κ2) is 28.1. The Bertz CT molecular complexity index is 2920. The number of amides is 4. The van der Waals surface area contributed by atoms with Crippen LogP contribution < -0.4 is 21.7 Å². The average molecular weight is 1190 g/mol. The van der Waals surface area contributed by atoms with Crippen LogP contribution in [0.4, 0.5) is 8.78 Å². The van der Waals surface area contributed by atoms with Gasteiger partial charge < -0.3 is 36.6 Å². The summed E-state index contributed by atoms with van der Waals surface area (Å²) in [5, 5.41) is 19.2. The minimum Gasteiger partial charge on any atom is -0.396 e. The van der Waals surface area contributed by atoms with E-state index in [9.17, 15) is 44.8 Å². The third-order valence-electron chi connectivity index (χ3n) is 13.6. The van der Waals surface area contributed by atoms with Gasteiger partial charge in [0.05, 0.1) is 32.6 Å². The van der Waals surface area contributed by atoms with Crippen molar-refractivity contribution < 1.29 is 49.9 Å². The standard InChI is InChI=1S/C26H31Cl2FN4O4S.C17H23Cl2N3O5S.C9H10FN/c1-38(36,37)33-13-11-32(12-14-33)26(35)23(31-25(34)18-6-9-21(27)22(28)15-18)3-2-10-30-24-16-20(24)17-4-7-19(29)8-5-17;1-28(26,27)22-8-6-21(7-9-22)17(25)15(3-2-10-23)20-16(24)12-4-5-13(18)14(19)11-12;10-7-3-1-6(2-4-7)8-5-9(8)11/h4-9,15,20,23-24,30H,2-3,10-14,16H2,1H3,(H,31,34);4-5,11,15,23H,2-3,6-10H2,1H3,(H,20,24);1-4,8-9H,5,11H2/t20-,23-,24+;15-;8-,9+/m000/s1. The van der Waals surface area contributed by atoms with Crippen LogP contribution >= 0.6 is 46.4 Å². The number of sulfonamides is 2. The SMILES string of the molecule is CS(=O)(=O)N1CCN(C(=O)[C@H](CCCN[C@@H]2C[C@H]2c2ccc(F)cc2)NC(=O)c2ccc(Cl)c(Cl)c2)CC1.CS(=O)(=O)N1CCN(C(=O)[C@H](CCCO)NC(=O)c2ccc(Cl)c(Cl)c2)CC1.N[C@@H]1C[C@H]1c1ccc(F)cc1. The van der Waals surface area contributed by atoms with E-state index in [1.807, 2.05) is 12.1 Å². The van der Waals surface area contributed by atoms with Crippen molar-refractivity contribution >= 4 is 90.1 Å². The van der Waals surface area contributed by atoms with Gasteiger partial charge in [0.15, 0.2) is 0 Å². The molecule has 17 nitrogen and oxygen atoms in total. The topological polar surface area (TPSA) is 232 Å². The van der Waals surface area contributed by atoms with Crippen molar-refractivity contribution in [3.05, 3.63) is 139 Å². The molecule has 2 aliphatic heterocycles. The zero-order valence-corrected chi connectivity index (χ0v) is 47.2. The molecule has 6 N–H and O–H groups in total. The maximum atomic E-state index is 13.4. The zero-order valence-electron chi connectivity index (χ0n) is 42.5. The van der Waals surface area contributed by atoms with Gasteiger partial charge in [0.1, 0.15) is 23.7 Å². The van der Waals surface area contributed by atoms with Crippen LogP contribution in [0.15, 0.2) is 84.9 Å². The number of halogens is 6. The monoisotopic (exact) mass is 1190 g/mol. The van der Waals surface area contributed by atoms with E-state index in [2.05, 4.69) is 16.0 Å². The van der Waals surface area contributed by atoms with Crippen LogP contribution in [0.3, 0.4) is 0 Å². The number of nitrogens with one attached hydrogen (secondary N) is 3. The number of nitrogens with two attached hydrogens (primary N) is 1. The molecule has 25 heteroatoms. The normalized spacial score (nSPS) is 20.3. The van der Waals surface area contributed by atoms with Gasteiger partial charge in [0, 0.05) is 94.0 Å². The molecule has 0 aromatic heterocycles. The number of hydrogen-bond donors (Lipinski definition) is 5. The molecular weight excluding hydrogens is 1120 g/mol. The first-order chi connectivity index (χ1) is 36.4. The van der Waals surface area contributed by atoms with Crippen LogP contribution in [0.5, 0.6) is 0 Å². The van der Waals surface area contributed by atoms with Crippen LogP contribution in [0.25, 0.3) is 0 Å². The molecule has 0 radical (unpaired) electrons. The lowest BCUT2D eigenvalue weighted by molar-refractivity contribution is -0.135. The van der Waals surface area contributed by atoms with Gasteiger partial charge in [-0.25, -0.2) is 25.6 Å². The highest BCUT2D eigenvalue weighted by atomic mass is 35.5. The molecule has 2 aliphatic carbocycles. The van der Waals surface area contributed by atoms with Crippen LogP contribution in [0.2, 0.25) is 20.1 Å². The largest absolute Gasteiger partial charge is 0.396 e. The van der Waals surface area contributed by atoms with E-state index in [0.717, 1.165) is 30.9 Å². The van der Waals surface area contributed by atoms with E-state index in [1.54, 1.807) is 23.1 Å². The van der Waals surface area contributed by atoms with Crippen LogP contribution in [0, 0.1) is 11.6 Å². The third-order valence-corrected chi connectivity index (χ3v) is 17.6. The Kier molecular flexibility index (Phi) is 22.5. The Morgan fingerprint density at radius 1 is 0.597 bits per heavy atom. The van der Waals surface area contributed by atoms with Crippen LogP contribution in [-0.2, 0) is 29.6 Å². The Hall–Kier alpha value is -4.52. The summed E-state index contributed by atoms with van der Waals surface area (Å²) in [6, 6.07) is 21.1. The van der Waals surface area contributed by atoms with Crippen LogP contribution in [0.1, 0.15) is 82.2 Å². The number of rotatable bonds is 18. The predicted octanol–water partition coefficient (Wildman–Crippen LogP) is 5.87. The van der Waals surface area contributed by atoms with Gasteiger partial charge in [-0.05, 0) is 117 Å². The predicted molar refractivity (Wildman–Crippen MR) is 294 cm³/mol. The van der Waals surface area contributed by atoms with Crippen molar-refractivity contribution in [1.82, 2.24) is 34.4 Å². The van der Waals surface area contributed by atoms with Crippen molar-refractivity contribution in [1.29, 1.82) is 0 Å². The van der Waals surface area contributed by atoms with Crippen molar-refractivity contribution in [2.24, 2.45) is 5.73 Å². The Morgan fingerprint density at radius 3 is 1.35 bits per heavy atom. The summed E-state index contributed by atoms with van der Waals surface area (Å²) < 4.78 is 75.2. The maximum absolute atomic E-state index is 13.4. The van der Waals surface area contributed by atoms with E-state index in [0.29, 0.717) is 59.8 Å². The first-order valence-corrected chi connectivity index (χ1v) is 30.2. The molecule has 2 saturated heterocycles. The zero-order chi connectivity index (χ0) is 56.2. The molecule has 0 unspecified atom stereocenters. The number of hydrogen-bond acceptors (Lipinski definition) is 11. The second-order valence-corrected chi connectivity index (χ2v) is 24.9. The van der Waals surface area contributed by atoms with Gasteiger partial charge in [-0.3, -0.25) is 19.2 Å². The van der Waals surface area contributed by atoms with Crippen molar-refractivity contribution in [3.8, 4) is 0 Å². The summed E-state index contributed by atoms with van der Waals surface area (Å²) >= 11 is 23.8. The lowest BCUT2D eigenvalue weighted by atomic mass is 10.1.